The summed E-state index contributed by atoms with van der Waals surface area (Å²) in [5.74, 6) is 1.04. The van der Waals surface area contributed by atoms with Crippen LogP contribution in [0.25, 0.3) is 0 Å². The summed E-state index contributed by atoms with van der Waals surface area (Å²) in [6.07, 6.45) is 1.41. The molecular formula is C15H17NO4. The topological polar surface area (TPSA) is 71.7 Å². The van der Waals surface area contributed by atoms with Gasteiger partial charge in [0.05, 0.1) is 18.8 Å². The molecule has 0 saturated carbocycles. The first-order valence-electron chi connectivity index (χ1n) is 6.37. The number of furan rings is 1. The lowest BCUT2D eigenvalue weighted by molar-refractivity contribution is 0.102. The molecule has 20 heavy (non-hydrogen) atoms. The van der Waals surface area contributed by atoms with Gasteiger partial charge in [-0.3, -0.25) is 4.79 Å². The lowest BCUT2D eigenvalue weighted by Crippen LogP contribution is -2.11. The van der Waals surface area contributed by atoms with E-state index in [0.717, 1.165) is 0 Å². The van der Waals surface area contributed by atoms with Gasteiger partial charge in [0, 0.05) is 11.3 Å². The SMILES string of the molecule is CCOc1ccc(NC(=O)c2coc(C)c2)cc1CO. The molecule has 1 heterocycles. The summed E-state index contributed by atoms with van der Waals surface area (Å²) >= 11 is 0. The maximum absolute atomic E-state index is 12.0. The summed E-state index contributed by atoms with van der Waals surface area (Å²) in [5.41, 5.74) is 1.69. The number of hydrogen-bond donors (Lipinski definition) is 2. The number of aliphatic hydroxyl groups excluding tert-OH is 1. The largest absolute Gasteiger partial charge is 0.494 e. The highest BCUT2D eigenvalue weighted by atomic mass is 16.5. The molecule has 0 fully saturated rings. The highest BCUT2D eigenvalue weighted by molar-refractivity contribution is 6.04. The zero-order valence-corrected chi connectivity index (χ0v) is 11.5. The van der Waals surface area contributed by atoms with E-state index in [0.29, 0.717) is 34.9 Å². The van der Waals surface area contributed by atoms with Crippen molar-refractivity contribution in [2.24, 2.45) is 0 Å². The Morgan fingerprint density at radius 2 is 2.20 bits per heavy atom. The van der Waals surface area contributed by atoms with Crippen LogP contribution in [-0.4, -0.2) is 17.6 Å². The Morgan fingerprint density at radius 1 is 1.40 bits per heavy atom. The molecule has 1 aromatic heterocycles. The molecule has 1 aromatic carbocycles. The average molecular weight is 275 g/mol. The number of benzene rings is 1. The summed E-state index contributed by atoms with van der Waals surface area (Å²) in [5, 5.41) is 12.1. The number of aryl methyl sites for hydroxylation is 1. The van der Waals surface area contributed by atoms with Gasteiger partial charge in [-0.2, -0.15) is 0 Å². The van der Waals surface area contributed by atoms with E-state index in [2.05, 4.69) is 5.32 Å². The van der Waals surface area contributed by atoms with Gasteiger partial charge in [0.2, 0.25) is 0 Å². The maximum atomic E-state index is 12.0. The number of carbonyl (C=O) groups is 1. The van der Waals surface area contributed by atoms with Crippen LogP contribution in [0.4, 0.5) is 5.69 Å². The van der Waals surface area contributed by atoms with Crippen molar-refractivity contribution in [2.45, 2.75) is 20.5 Å². The standard InChI is InChI=1S/C15H17NO4/c1-3-19-14-5-4-13(7-11(14)8-17)16-15(18)12-6-10(2)20-9-12/h4-7,9,17H,3,8H2,1-2H3,(H,16,18). The van der Waals surface area contributed by atoms with Gasteiger partial charge in [-0.05, 0) is 38.1 Å². The third kappa shape index (κ3) is 3.19. The second kappa shape index (κ2) is 6.25. The van der Waals surface area contributed by atoms with Crippen molar-refractivity contribution in [1.29, 1.82) is 0 Å². The highest BCUT2D eigenvalue weighted by Gasteiger charge is 2.10. The molecule has 106 valence electrons. The van der Waals surface area contributed by atoms with Crippen molar-refractivity contribution in [1.82, 2.24) is 0 Å². The van der Waals surface area contributed by atoms with E-state index in [1.165, 1.54) is 6.26 Å². The molecule has 0 unspecified atom stereocenters. The maximum Gasteiger partial charge on any atom is 0.258 e. The van der Waals surface area contributed by atoms with E-state index in [4.69, 9.17) is 9.15 Å². The van der Waals surface area contributed by atoms with Gasteiger partial charge >= 0.3 is 0 Å². The van der Waals surface area contributed by atoms with Crippen LogP contribution in [0.2, 0.25) is 0 Å². The van der Waals surface area contributed by atoms with Crippen molar-refractivity contribution in [3.8, 4) is 5.75 Å². The van der Waals surface area contributed by atoms with Gasteiger partial charge in [0.25, 0.3) is 5.91 Å². The number of amides is 1. The second-order valence-electron chi connectivity index (χ2n) is 4.31. The van der Waals surface area contributed by atoms with Crippen LogP contribution in [0.5, 0.6) is 5.75 Å². The Kier molecular flexibility index (Phi) is 4.42. The van der Waals surface area contributed by atoms with Crippen molar-refractivity contribution in [3.63, 3.8) is 0 Å². The Bertz CT molecular complexity index is 604. The van der Waals surface area contributed by atoms with E-state index in [1.807, 2.05) is 6.92 Å². The molecule has 0 spiro atoms. The number of hydrogen-bond acceptors (Lipinski definition) is 4. The van der Waals surface area contributed by atoms with Gasteiger partial charge in [0.1, 0.15) is 17.8 Å². The van der Waals surface area contributed by atoms with Crippen molar-refractivity contribution < 1.29 is 19.1 Å². The molecule has 0 aliphatic rings. The summed E-state index contributed by atoms with van der Waals surface area (Å²) in [6.45, 7) is 4.02. The molecule has 0 radical (unpaired) electrons. The fraction of sp³-hybridized carbons (Fsp3) is 0.267. The molecule has 5 nitrogen and oxygen atoms in total. The van der Waals surface area contributed by atoms with E-state index in [9.17, 15) is 9.90 Å². The zero-order valence-electron chi connectivity index (χ0n) is 11.5. The number of anilines is 1. The first-order chi connectivity index (χ1) is 9.63. The molecule has 2 rings (SSSR count). The van der Waals surface area contributed by atoms with Crippen LogP contribution in [0, 0.1) is 6.92 Å². The van der Waals surface area contributed by atoms with Gasteiger partial charge < -0.3 is 19.6 Å². The Labute approximate surface area is 117 Å². The predicted octanol–water partition coefficient (Wildman–Crippen LogP) is 2.73. The van der Waals surface area contributed by atoms with E-state index >= 15 is 0 Å². The highest BCUT2D eigenvalue weighted by Crippen LogP contribution is 2.23. The fourth-order valence-electron chi connectivity index (χ4n) is 1.84. The summed E-state index contributed by atoms with van der Waals surface area (Å²) in [6, 6.07) is 6.81. The van der Waals surface area contributed by atoms with Gasteiger partial charge in [-0.1, -0.05) is 0 Å². The molecule has 5 heteroatoms. The normalized spacial score (nSPS) is 10.3. The number of aliphatic hydroxyl groups is 1. The molecule has 2 aromatic rings. The van der Waals surface area contributed by atoms with Crippen molar-refractivity contribution >= 4 is 11.6 Å². The van der Waals surface area contributed by atoms with E-state index in [-0.39, 0.29) is 12.5 Å². The molecule has 0 bridgehead atoms. The number of rotatable bonds is 5. The third-order valence-corrected chi connectivity index (χ3v) is 2.78. The fourth-order valence-corrected chi connectivity index (χ4v) is 1.84. The van der Waals surface area contributed by atoms with E-state index < -0.39 is 0 Å². The van der Waals surface area contributed by atoms with E-state index in [1.54, 1.807) is 31.2 Å². The summed E-state index contributed by atoms with van der Waals surface area (Å²) in [7, 11) is 0. The Balaban J connectivity index is 2.15. The lowest BCUT2D eigenvalue weighted by atomic mass is 10.1. The first-order valence-corrected chi connectivity index (χ1v) is 6.37. The third-order valence-electron chi connectivity index (χ3n) is 2.78. The predicted molar refractivity (Wildman–Crippen MR) is 74.9 cm³/mol. The zero-order chi connectivity index (χ0) is 14.5. The molecule has 0 atom stereocenters. The molecule has 0 aliphatic heterocycles. The monoisotopic (exact) mass is 275 g/mol. The molecule has 2 N–H and O–H groups in total. The van der Waals surface area contributed by atoms with Crippen LogP contribution in [0.15, 0.2) is 34.9 Å². The van der Waals surface area contributed by atoms with Crippen molar-refractivity contribution in [2.75, 3.05) is 11.9 Å². The van der Waals surface area contributed by atoms with Crippen LogP contribution in [0.1, 0.15) is 28.6 Å². The van der Waals surface area contributed by atoms with Gasteiger partial charge in [-0.15, -0.1) is 0 Å². The smallest absolute Gasteiger partial charge is 0.258 e. The quantitative estimate of drug-likeness (QED) is 0.880. The summed E-state index contributed by atoms with van der Waals surface area (Å²) in [4.78, 5) is 12.0. The number of ether oxygens (including phenoxy) is 1. The minimum atomic E-state index is -0.255. The average Bonchev–Trinajstić information content (AvgIpc) is 2.87. The van der Waals surface area contributed by atoms with Crippen LogP contribution in [-0.2, 0) is 6.61 Å². The molecule has 0 aliphatic carbocycles. The molecular weight excluding hydrogens is 258 g/mol. The van der Waals surface area contributed by atoms with Crippen LogP contribution in [0.3, 0.4) is 0 Å². The second-order valence-corrected chi connectivity index (χ2v) is 4.31. The van der Waals surface area contributed by atoms with Gasteiger partial charge in [-0.25, -0.2) is 0 Å². The van der Waals surface area contributed by atoms with Gasteiger partial charge in [0.15, 0.2) is 0 Å². The Morgan fingerprint density at radius 3 is 2.80 bits per heavy atom. The van der Waals surface area contributed by atoms with Crippen molar-refractivity contribution in [3.05, 3.63) is 47.4 Å². The first kappa shape index (κ1) is 14.1. The van der Waals surface area contributed by atoms with Crippen LogP contribution >= 0.6 is 0 Å². The minimum absolute atomic E-state index is 0.149. The lowest BCUT2D eigenvalue weighted by Gasteiger charge is -2.11. The molecule has 1 amide bonds. The minimum Gasteiger partial charge on any atom is -0.494 e. The number of carbonyl (C=O) groups excluding carboxylic acids is 1. The number of nitrogens with one attached hydrogen (secondary N) is 1. The molecule has 0 saturated heterocycles. The summed E-state index contributed by atoms with van der Waals surface area (Å²) < 4.78 is 10.5. The Hall–Kier alpha value is -2.27. The van der Waals surface area contributed by atoms with Crippen LogP contribution < -0.4 is 10.1 Å².